The van der Waals surface area contributed by atoms with E-state index >= 15 is 0 Å². The van der Waals surface area contributed by atoms with Crippen LogP contribution in [0.1, 0.15) is 30.0 Å². The van der Waals surface area contributed by atoms with Crippen LogP contribution in [0.5, 0.6) is 0 Å². The second kappa shape index (κ2) is 6.09. The minimum atomic E-state index is -0.0799. The molecule has 0 atom stereocenters. The van der Waals surface area contributed by atoms with Gasteiger partial charge >= 0.3 is 0 Å². The maximum Gasteiger partial charge on any atom is 0.259 e. The summed E-state index contributed by atoms with van der Waals surface area (Å²) in [6, 6.07) is 7.30. The van der Waals surface area contributed by atoms with Crippen LogP contribution in [0.25, 0.3) is 11.3 Å². The Morgan fingerprint density at radius 1 is 1.30 bits per heavy atom. The van der Waals surface area contributed by atoms with Gasteiger partial charge in [-0.05, 0) is 26.8 Å². The van der Waals surface area contributed by atoms with Gasteiger partial charge in [-0.25, -0.2) is 0 Å². The molecular formula is C15H17ClN2O2. The highest BCUT2D eigenvalue weighted by Gasteiger charge is 2.25. The molecule has 5 heteroatoms. The number of aromatic nitrogens is 1. The minimum Gasteiger partial charge on any atom is -0.360 e. The van der Waals surface area contributed by atoms with E-state index in [1.807, 2.05) is 32.0 Å². The van der Waals surface area contributed by atoms with Gasteiger partial charge in [0.15, 0.2) is 0 Å². The standard InChI is InChI=1S/C15H17ClN2O2/c1-4-18(5-2)15(19)13-10(3)20-17-14(13)11-8-6-7-9-12(11)16/h6-9H,4-5H2,1-3H3. The average molecular weight is 293 g/mol. The molecule has 0 bridgehead atoms. The number of rotatable bonds is 4. The Labute approximate surface area is 123 Å². The molecule has 0 aliphatic rings. The molecule has 0 N–H and O–H groups in total. The van der Waals surface area contributed by atoms with Gasteiger partial charge in [-0.15, -0.1) is 0 Å². The van der Waals surface area contributed by atoms with Crippen LogP contribution < -0.4 is 0 Å². The van der Waals surface area contributed by atoms with E-state index in [1.54, 1.807) is 17.9 Å². The van der Waals surface area contributed by atoms with Crippen molar-refractivity contribution >= 4 is 17.5 Å². The molecule has 0 aliphatic heterocycles. The van der Waals surface area contributed by atoms with Crippen molar-refractivity contribution in [1.82, 2.24) is 10.1 Å². The van der Waals surface area contributed by atoms with E-state index in [2.05, 4.69) is 5.16 Å². The fraction of sp³-hybridized carbons (Fsp3) is 0.333. The van der Waals surface area contributed by atoms with Gasteiger partial charge in [-0.2, -0.15) is 0 Å². The van der Waals surface area contributed by atoms with Gasteiger partial charge in [0.05, 0.1) is 5.02 Å². The van der Waals surface area contributed by atoms with Crippen molar-refractivity contribution in [3.63, 3.8) is 0 Å². The Balaban J connectivity index is 2.53. The summed E-state index contributed by atoms with van der Waals surface area (Å²) in [6.45, 7) is 6.91. The molecule has 1 aromatic carbocycles. The molecule has 0 aliphatic carbocycles. The fourth-order valence-corrected chi connectivity index (χ4v) is 2.36. The van der Waals surface area contributed by atoms with Crippen LogP contribution in [-0.2, 0) is 0 Å². The van der Waals surface area contributed by atoms with Crippen LogP contribution in [0.15, 0.2) is 28.8 Å². The van der Waals surface area contributed by atoms with Gasteiger partial charge in [-0.3, -0.25) is 4.79 Å². The quantitative estimate of drug-likeness (QED) is 0.861. The number of benzene rings is 1. The zero-order chi connectivity index (χ0) is 14.7. The second-order valence-corrected chi connectivity index (χ2v) is 4.83. The van der Waals surface area contributed by atoms with E-state index in [0.717, 1.165) is 0 Å². The molecule has 0 unspecified atom stereocenters. The summed E-state index contributed by atoms with van der Waals surface area (Å²) >= 11 is 6.19. The maximum atomic E-state index is 12.6. The lowest BCUT2D eigenvalue weighted by Gasteiger charge is -2.18. The van der Waals surface area contributed by atoms with E-state index in [4.69, 9.17) is 16.1 Å². The Morgan fingerprint density at radius 2 is 1.95 bits per heavy atom. The third-order valence-electron chi connectivity index (χ3n) is 3.26. The normalized spacial score (nSPS) is 10.6. The molecule has 0 saturated carbocycles. The lowest BCUT2D eigenvalue weighted by atomic mass is 10.1. The predicted octanol–water partition coefficient (Wildman–Crippen LogP) is 3.79. The summed E-state index contributed by atoms with van der Waals surface area (Å²) in [5.74, 6) is 0.431. The van der Waals surface area contributed by atoms with Crippen molar-refractivity contribution in [1.29, 1.82) is 0 Å². The minimum absolute atomic E-state index is 0.0799. The molecule has 106 valence electrons. The van der Waals surface area contributed by atoms with Crippen molar-refractivity contribution < 1.29 is 9.32 Å². The third kappa shape index (κ3) is 2.56. The molecule has 20 heavy (non-hydrogen) atoms. The van der Waals surface area contributed by atoms with Crippen LogP contribution in [0.3, 0.4) is 0 Å². The van der Waals surface area contributed by atoms with Gasteiger partial charge in [0.1, 0.15) is 17.0 Å². The van der Waals surface area contributed by atoms with Crippen LogP contribution in [-0.4, -0.2) is 29.1 Å². The van der Waals surface area contributed by atoms with Crippen LogP contribution in [0, 0.1) is 6.92 Å². The summed E-state index contributed by atoms with van der Waals surface area (Å²) in [5.41, 5.74) is 1.70. The topological polar surface area (TPSA) is 46.3 Å². The van der Waals surface area contributed by atoms with Crippen molar-refractivity contribution in [3.8, 4) is 11.3 Å². The largest absolute Gasteiger partial charge is 0.360 e. The third-order valence-corrected chi connectivity index (χ3v) is 3.59. The van der Waals surface area contributed by atoms with Crippen molar-refractivity contribution in [2.24, 2.45) is 0 Å². The van der Waals surface area contributed by atoms with Crippen LogP contribution >= 0.6 is 11.6 Å². The predicted molar refractivity (Wildman–Crippen MR) is 78.9 cm³/mol. The summed E-state index contributed by atoms with van der Waals surface area (Å²) in [7, 11) is 0. The first-order valence-electron chi connectivity index (χ1n) is 6.60. The highest BCUT2D eigenvalue weighted by Crippen LogP contribution is 2.31. The zero-order valence-electron chi connectivity index (χ0n) is 11.8. The second-order valence-electron chi connectivity index (χ2n) is 4.42. The molecule has 1 heterocycles. The Hall–Kier alpha value is -1.81. The number of nitrogens with zero attached hydrogens (tertiary/aromatic N) is 2. The summed E-state index contributed by atoms with van der Waals surface area (Å²) in [5, 5.41) is 4.56. The molecule has 1 amide bonds. The first-order valence-corrected chi connectivity index (χ1v) is 6.98. The summed E-state index contributed by atoms with van der Waals surface area (Å²) in [4.78, 5) is 14.3. The zero-order valence-corrected chi connectivity index (χ0v) is 12.6. The number of carbonyl (C=O) groups is 1. The molecule has 0 spiro atoms. The van der Waals surface area contributed by atoms with Gasteiger partial charge in [0, 0.05) is 18.7 Å². The molecular weight excluding hydrogens is 276 g/mol. The highest BCUT2D eigenvalue weighted by molar-refractivity contribution is 6.33. The molecule has 2 aromatic rings. The number of aryl methyl sites for hydroxylation is 1. The number of hydrogen-bond donors (Lipinski definition) is 0. The fourth-order valence-electron chi connectivity index (χ4n) is 2.13. The lowest BCUT2D eigenvalue weighted by Crippen LogP contribution is -2.31. The van der Waals surface area contributed by atoms with Crippen molar-refractivity contribution in [2.45, 2.75) is 20.8 Å². The molecule has 0 saturated heterocycles. The number of hydrogen-bond acceptors (Lipinski definition) is 3. The average Bonchev–Trinajstić information content (AvgIpc) is 2.82. The maximum absolute atomic E-state index is 12.6. The SMILES string of the molecule is CCN(CC)C(=O)c1c(-c2ccccc2Cl)noc1C. The van der Waals surface area contributed by atoms with Gasteiger partial charge < -0.3 is 9.42 Å². The van der Waals surface area contributed by atoms with Crippen molar-refractivity contribution in [3.05, 3.63) is 40.6 Å². The Bertz CT molecular complexity index is 618. The van der Waals surface area contributed by atoms with E-state index in [9.17, 15) is 4.79 Å². The Morgan fingerprint density at radius 3 is 2.55 bits per heavy atom. The van der Waals surface area contributed by atoms with Crippen LogP contribution in [0.2, 0.25) is 5.02 Å². The van der Waals surface area contributed by atoms with Gasteiger partial charge in [0.25, 0.3) is 5.91 Å². The molecule has 0 fully saturated rings. The lowest BCUT2D eigenvalue weighted by molar-refractivity contribution is 0.0772. The van der Waals surface area contributed by atoms with Gasteiger partial charge in [0.2, 0.25) is 0 Å². The van der Waals surface area contributed by atoms with Gasteiger partial charge in [-0.1, -0.05) is 35.0 Å². The molecule has 2 rings (SSSR count). The van der Waals surface area contributed by atoms with E-state index in [0.29, 0.717) is 40.7 Å². The number of amides is 1. The highest BCUT2D eigenvalue weighted by atomic mass is 35.5. The summed E-state index contributed by atoms with van der Waals surface area (Å²) in [6.07, 6.45) is 0. The van der Waals surface area contributed by atoms with Crippen LogP contribution in [0.4, 0.5) is 0 Å². The van der Waals surface area contributed by atoms with E-state index in [-0.39, 0.29) is 5.91 Å². The smallest absolute Gasteiger partial charge is 0.259 e. The molecule has 0 radical (unpaired) electrons. The van der Waals surface area contributed by atoms with E-state index < -0.39 is 0 Å². The molecule has 1 aromatic heterocycles. The first kappa shape index (κ1) is 14.6. The first-order chi connectivity index (χ1) is 9.60. The molecule has 4 nitrogen and oxygen atoms in total. The Kier molecular flexibility index (Phi) is 4.45. The van der Waals surface area contributed by atoms with E-state index in [1.165, 1.54) is 0 Å². The number of halogens is 1. The van der Waals surface area contributed by atoms with Crippen molar-refractivity contribution in [2.75, 3.05) is 13.1 Å². The number of carbonyl (C=O) groups excluding carboxylic acids is 1. The summed E-state index contributed by atoms with van der Waals surface area (Å²) < 4.78 is 5.21. The monoisotopic (exact) mass is 292 g/mol.